The molecule has 26 heavy (non-hydrogen) atoms. The molecule has 1 aliphatic rings. The van der Waals surface area contributed by atoms with E-state index in [2.05, 4.69) is 16.4 Å². The van der Waals surface area contributed by atoms with Crippen molar-refractivity contribution in [3.63, 3.8) is 0 Å². The maximum absolute atomic E-state index is 12.6. The van der Waals surface area contributed by atoms with Crippen molar-refractivity contribution in [1.82, 2.24) is 19.9 Å². The van der Waals surface area contributed by atoms with Crippen LogP contribution in [-0.4, -0.2) is 38.9 Å². The molecule has 6 heteroatoms. The highest BCUT2D eigenvalue weighted by atomic mass is 16.2. The molecular formula is C20H17N5O. The van der Waals surface area contributed by atoms with Crippen LogP contribution in [0.15, 0.2) is 60.8 Å². The molecule has 1 saturated heterocycles. The zero-order valence-corrected chi connectivity index (χ0v) is 14.1. The third kappa shape index (κ3) is 3.07. The monoisotopic (exact) mass is 343 g/mol. The summed E-state index contributed by atoms with van der Waals surface area (Å²) in [5.74, 6) is -0.0135. The van der Waals surface area contributed by atoms with Gasteiger partial charge in [-0.25, -0.2) is 4.68 Å². The lowest BCUT2D eigenvalue weighted by atomic mass is 10.1. The topological polar surface area (TPSA) is 74.8 Å². The van der Waals surface area contributed by atoms with E-state index < -0.39 is 0 Å². The number of likely N-dealkylation sites (tertiary alicyclic amines) is 1. The first-order valence-electron chi connectivity index (χ1n) is 8.51. The molecule has 1 aromatic heterocycles. The van der Waals surface area contributed by atoms with Crippen molar-refractivity contribution >= 4 is 5.91 Å². The van der Waals surface area contributed by atoms with Crippen LogP contribution in [0.4, 0.5) is 0 Å². The molecule has 0 aliphatic carbocycles. The van der Waals surface area contributed by atoms with E-state index in [9.17, 15) is 4.79 Å². The van der Waals surface area contributed by atoms with E-state index >= 15 is 0 Å². The second-order valence-corrected chi connectivity index (χ2v) is 6.33. The van der Waals surface area contributed by atoms with Crippen LogP contribution in [0.1, 0.15) is 28.4 Å². The van der Waals surface area contributed by atoms with Crippen LogP contribution < -0.4 is 0 Å². The van der Waals surface area contributed by atoms with Crippen LogP contribution in [0.3, 0.4) is 0 Å². The lowest BCUT2D eigenvalue weighted by molar-refractivity contribution is 0.0787. The fourth-order valence-electron chi connectivity index (χ4n) is 3.21. The smallest absolute Gasteiger partial charge is 0.253 e. The second-order valence-electron chi connectivity index (χ2n) is 6.33. The summed E-state index contributed by atoms with van der Waals surface area (Å²) in [6, 6.07) is 18.9. The summed E-state index contributed by atoms with van der Waals surface area (Å²) in [6.07, 6.45) is 2.79. The second kappa shape index (κ2) is 6.81. The fraction of sp³-hybridized carbons (Fsp3) is 0.200. The molecule has 2 heterocycles. The number of hydrogen-bond acceptors (Lipinski definition) is 4. The maximum atomic E-state index is 12.6. The van der Waals surface area contributed by atoms with Crippen LogP contribution in [-0.2, 0) is 0 Å². The first-order valence-corrected chi connectivity index (χ1v) is 8.51. The van der Waals surface area contributed by atoms with Gasteiger partial charge in [-0.15, -0.1) is 5.10 Å². The van der Waals surface area contributed by atoms with Gasteiger partial charge in [-0.2, -0.15) is 5.26 Å². The van der Waals surface area contributed by atoms with Gasteiger partial charge in [0.2, 0.25) is 0 Å². The molecule has 6 nitrogen and oxygen atoms in total. The summed E-state index contributed by atoms with van der Waals surface area (Å²) in [4.78, 5) is 14.5. The van der Waals surface area contributed by atoms with Crippen molar-refractivity contribution in [2.75, 3.05) is 13.1 Å². The van der Waals surface area contributed by atoms with Crippen molar-refractivity contribution in [3.05, 3.63) is 71.9 Å². The van der Waals surface area contributed by atoms with Crippen molar-refractivity contribution in [1.29, 1.82) is 5.26 Å². The van der Waals surface area contributed by atoms with Gasteiger partial charge >= 0.3 is 0 Å². The van der Waals surface area contributed by atoms with Crippen LogP contribution in [0.25, 0.3) is 11.3 Å². The van der Waals surface area contributed by atoms with Gasteiger partial charge in [0.25, 0.3) is 5.91 Å². The number of rotatable bonds is 3. The minimum absolute atomic E-state index is 0.0135. The summed E-state index contributed by atoms with van der Waals surface area (Å²) in [5, 5.41) is 17.4. The normalized spacial score (nSPS) is 16.4. The van der Waals surface area contributed by atoms with E-state index in [1.165, 1.54) is 0 Å². The SMILES string of the molecule is N#Cc1ccc(C(=O)N2CCC(n3cc(-c4ccccc4)nn3)C2)cc1. The van der Waals surface area contributed by atoms with Gasteiger partial charge in [-0.05, 0) is 30.7 Å². The number of amides is 1. The van der Waals surface area contributed by atoms with E-state index in [1.807, 2.05) is 46.1 Å². The van der Waals surface area contributed by atoms with Crippen molar-refractivity contribution in [2.24, 2.45) is 0 Å². The number of hydrogen-bond donors (Lipinski definition) is 0. The predicted molar refractivity (Wildman–Crippen MR) is 96.2 cm³/mol. The van der Waals surface area contributed by atoms with Crippen LogP contribution in [0.5, 0.6) is 0 Å². The molecule has 128 valence electrons. The Morgan fingerprint density at radius 1 is 1.12 bits per heavy atom. The van der Waals surface area contributed by atoms with Gasteiger partial charge in [0, 0.05) is 24.2 Å². The fourth-order valence-corrected chi connectivity index (χ4v) is 3.21. The molecule has 0 spiro atoms. The van der Waals surface area contributed by atoms with E-state index in [1.54, 1.807) is 24.3 Å². The van der Waals surface area contributed by atoms with Gasteiger partial charge in [-0.1, -0.05) is 35.5 Å². The summed E-state index contributed by atoms with van der Waals surface area (Å²) in [7, 11) is 0. The van der Waals surface area contributed by atoms with Gasteiger partial charge < -0.3 is 4.90 Å². The molecule has 3 aromatic rings. The summed E-state index contributed by atoms with van der Waals surface area (Å²) < 4.78 is 1.86. The Bertz CT molecular complexity index is 956. The first-order chi connectivity index (χ1) is 12.7. The molecule has 1 amide bonds. The quantitative estimate of drug-likeness (QED) is 0.733. The molecule has 1 aliphatic heterocycles. The highest BCUT2D eigenvalue weighted by Gasteiger charge is 2.29. The number of benzene rings is 2. The number of carbonyl (C=O) groups excluding carboxylic acids is 1. The number of nitrogens with zero attached hydrogens (tertiary/aromatic N) is 5. The Kier molecular flexibility index (Phi) is 4.20. The Morgan fingerprint density at radius 3 is 2.62 bits per heavy atom. The molecule has 1 fully saturated rings. The highest BCUT2D eigenvalue weighted by molar-refractivity contribution is 5.94. The molecule has 1 atom stereocenters. The van der Waals surface area contributed by atoms with E-state index in [0.717, 1.165) is 17.7 Å². The Labute approximate surface area is 151 Å². The van der Waals surface area contributed by atoms with Crippen LogP contribution in [0.2, 0.25) is 0 Å². The number of carbonyl (C=O) groups is 1. The first kappa shape index (κ1) is 16.0. The Balaban J connectivity index is 1.46. The molecule has 0 saturated carbocycles. The Hall–Kier alpha value is -3.46. The molecule has 0 bridgehead atoms. The molecule has 2 aromatic carbocycles. The lowest BCUT2D eigenvalue weighted by Crippen LogP contribution is -2.29. The van der Waals surface area contributed by atoms with E-state index in [0.29, 0.717) is 24.2 Å². The van der Waals surface area contributed by atoms with Crippen molar-refractivity contribution < 1.29 is 4.79 Å². The van der Waals surface area contributed by atoms with Gasteiger partial charge in [0.05, 0.1) is 23.9 Å². The molecule has 0 N–H and O–H groups in total. The molecule has 1 unspecified atom stereocenters. The van der Waals surface area contributed by atoms with E-state index in [-0.39, 0.29) is 11.9 Å². The van der Waals surface area contributed by atoms with Gasteiger partial charge in [0.1, 0.15) is 5.69 Å². The van der Waals surface area contributed by atoms with Crippen molar-refractivity contribution in [3.8, 4) is 17.3 Å². The summed E-state index contributed by atoms with van der Waals surface area (Å²) in [6.45, 7) is 1.29. The maximum Gasteiger partial charge on any atom is 0.253 e. The van der Waals surface area contributed by atoms with Gasteiger partial charge in [0.15, 0.2) is 0 Å². The molecule has 0 radical (unpaired) electrons. The molecular weight excluding hydrogens is 326 g/mol. The minimum atomic E-state index is -0.0135. The predicted octanol–water partition coefficient (Wildman–Crippen LogP) is 2.90. The van der Waals surface area contributed by atoms with Crippen LogP contribution >= 0.6 is 0 Å². The lowest BCUT2D eigenvalue weighted by Gasteiger charge is -2.16. The Morgan fingerprint density at radius 2 is 1.88 bits per heavy atom. The average Bonchev–Trinajstić information content (AvgIpc) is 3.38. The zero-order chi connectivity index (χ0) is 17.9. The van der Waals surface area contributed by atoms with Crippen molar-refractivity contribution in [2.45, 2.75) is 12.5 Å². The largest absolute Gasteiger partial charge is 0.336 e. The third-order valence-electron chi connectivity index (χ3n) is 4.67. The summed E-state index contributed by atoms with van der Waals surface area (Å²) in [5.41, 5.74) is 3.02. The number of nitriles is 1. The average molecular weight is 343 g/mol. The molecule has 4 rings (SSSR count). The minimum Gasteiger partial charge on any atom is -0.336 e. The highest BCUT2D eigenvalue weighted by Crippen LogP contribution is 2.24. The van der Waals surface area contributed by atoms with Crippen LogP contribution in [0, 0.1) is 11.3 Å². The summed E-state index contributed by atoms with van der Waals surface area (Å²) >= 11 is 0. The van der Waals surface area contributed by atoms with Gasteiger partial charge in [-0.3, -0.25) is 4.79 Å². The number of aromatic nitrogens is 3. The standard InChI is InChI=1S/C20H17N5O/c21-12-15-6-8-17(9-7-15)20(26)24-11-10-18(13-24)25-14-19(22-23-25)16-4-2-1-3-5-16/h1-9,14,18H,10-11,13H2. The van der Waals surface area contributed by atoms with E-state index in [4.69, 9.17) is 5.26 Å². The zero-order valence-electron chi connectivity index (χ0n) is 14.1. The third-order valence-corrected chi connectivity index (χ3v) is 4.67.